The number of unbranched alkanes of at least 4 members (excludes halogenated alkanes) is 48. The summed E-state index contributed by atoms with van der Waals surface area (Å²) in [6.45, 7) is 3.81. The Labute approximate surface area is 495 Å². The van der Waals surface area contributed by atoms with Crippen LogP contribution in [0.3, 0.4) is 0 Å². The van der Waals surface area contributed by atoms with E-state index in [2.05, 4.69) is 43.5 Å². The largest absolute Gasteiger partial charge is 0.394 e. The van der Waals surface area contributed by atoms with Crippen LogP contribution in [-0.4, -0.2) is 87.5 Å². The number of nitrogens with one attached hydrogen (secondary N) is 1. The van der Waals surface area contributed by atoms with E-state index in [1.807, 2.05) is 6.08 Å². The van der Waals surface area contributed by atoms with Gasteiger partial charge in [0.25, 0.3) is 0 Å². The second-order valence-corrected chi connectivity index (χ2v) is 24.7. The molecule has 1 saturated heterocycles. The number of amides is 1. The summed E-state index contributed by atoms with van der Waals surface area (Å²) in [5.41, 5.74) is 0. The highest BCUT2D eigenvalue weighted by atomic mass is 16.7. The molecular formula is C71H135NO8. The van der Waals surface area contributed by atoms with Crippen LogP contribution >= 0.6 is 0 Å². The van der Waals surface area contributed by atoms with Crippen molar-refractivity contribution in [3.63, 3.8) is 0 Å². The summed E-state index contributed by atoms with van der Waals surface area (Å²) in [5.74, 6) is -0.180. The molecule has 0 bridgehead atoms. The summed E-state index contributed by atoms with van der Waals surface area (Å²) in [5, 5.41) is 54.7. The monoisotopic (exact) mass is 1130 g/mol. The third kappa shape index (κ3) is 48.7. The Morgan fingerprint density at radius 3 is 1.05 bits per heavy atom. The summed E-state index contributed by atoms with van der Waals surface area (Å²) in [7, 11) is 0. The summed E-state index contributed by atoms with van der Waals surface area (Å²) < 4.78 is 11.3. The molecule has 9 nitrogen and oxygen atoms in total. The first kappa shape index (κ1) is 76.4. The van der Waals surface area contributed by atoms with Crippen molar-refractivity contribution in [3.05, 3.63) is 36.5 Å². The smallest absolute Gasteiger partial charge is 0.220 e. The SMILES string of the molecule is CCCCCCCCCCCCCCCC/C=C/CC/C=C/C(O)C(COC1OC(CO)C(O)C(O)C1O)NC(=O)CCCCCCCCCCCCCCCCCCC/C=C\CCCCCCCCCCCCCCCCCC. The third-order valence-electron chi connectivity index (χ3n) is 16.9. The highest BCUT2D eigenvalue weighted by Crippen LogP contribution is 2.23. The van der Waals surface area contributed by atoms with Gasteiger partial charge in [0.2, 0.25) is 5.91 Å². The van der Waals surface area contributed by atoms with Gasteiger partial charge in [-0.05, 0) is 57.8 Å². The lowest BCUT2D eigenvalue weighted by atomic mass is 9.99. The van der Waals surface area contributed by atoms with Gasteiger partial charge in [0.05, 0.1) is 25.4 Å². The molecule has 1 amide bonds. The van der Waals surface area contributed by atoms with Crippen molar-refractivity contribution in [1.82, 2.24) is 5.32 Å². The van der Waals surface area contributed by atoms with E-state index >= 15 is 0 Å². The average molecular weight is 1130 g/mol. The van der Waals surface area contributed by atoms with Crippen LogP contribution < -0.4 is 5.32 Å². The molecule has 472 valence electrons. The van der Waals surface area contributed by atoms with Gasteiger partial charge >= 0.3 is 0 Å². The van der Waals surface area contributed by atoms with E-state index in [4.69, 9.17) is 9.47 Å². The van der Waals surface area contributed by atoms with E-state index in [9.17, 15) is 30.3 Å². The second kappa shape index (κ2) is 60.5. The fourth-order valence-corrected chi connectivity index (χ4v) is 11.4. The van der Waals surface area contributed by atoms with Crippen molar-refractivity contribution >= 4 is 5.91 Å². The lowest BCUT2D eigenvalue weighted by Gasteiger charge is -2.40. The standard InChI is InChI=1S/C71H135NO8/c1-3-5-7-9-11-13-15-17-19-21-23-25-26-27-28-29-30-31-32-33-34-35-36-37-38-39-40-41-43-45-47-49-51-53-55-57-59-61-67(75)72-64(63-79-71-70(78)69(77)68(76)66(62-73)80-71)65(74)60-58-56-54-52-50-48-46-44-42-24-22-20-18-16-14-12-10-8-6-4-2/h31-32,50,52,58,60,64-66,68-71,73-74,76-78H,3-30,33-49,51,53-57,59,61-63H2,1-2H3,(H,72,75)/b32-31-,52-50+,60-58+. The van der Waals surface area contributed by atoms with Gasteiger partial charge in [-0.15, -0.1) is 0 Å². The number of allylic oxidation sites excluding steroid dienone is 5. The minimum absolute atomic E-state index is 0.180. The molecule has 0 radical (unpaired) electrons. The Bertz CT molecular complexity index is 1360. The van der Waals surface area contributed by atoms with Crippen LogP contribution in [0.1, 0.15) is 354 Å². The topological polar surface area (TPSA) is 149 Å². The van der Waals surface area contributed by atoms with Gasteiger partial charge in [0, 0.05) is 6.42 Å². The van der Waals surface area contributed by atoms with Crippen molar-refractivity contribution in [2.75, 3.05) is 13.2 Å². The minimum atomic E-state index is -1.57. The fraction of sp³-hybridized carbons (Fsp3) is 0.901. The maximum Gasteiger partial charge on any atom is 0.220 e. The van der Waals surface area contributed by atoms with Crippen molar-refractivity contribution in [2.45, 2.75) is 397 Å². The predicted octanol–water partition coefficient (Wildman–Crippen LogP) is 19.0. The van der Waals surface area contributed by atoms with Crippen LogP contribution in [0.15, 0.2) is 36.5 Å². The molecule has 1 rings (SSSR count). The van der Waals surface area contributed by atoms with E-state index < -0.39 is 49.5 Å². The highest BCUT2D eigenvalue weighted by Gasteiger charge is 2.44. The summed E-state index contributed by atoms with van der Waals surface area (Å²) in [6.07, 6.45) is 74.1. The van der Waals surface area contributed by atoms with Crippen LogP contribution in [0, 0.1) is 0 Å². The quantitative estimate of drug-likeness (QED) is 0.0261. The van der Waals surface area contributed by atoms with Gasteiger partial charge in [-0.3, -0.25) is 4.79 Å². The van der Waals surface area contributed by atoms with E-state index in [1.54, 1.807) is 6.08 Å². The summed E-state index contributed by atoms with van der Waals surface area (Å²) >= 11 is 0. The van der Waals surface area contributed by atoms with Crippen LogP contribution in [0.5, 0.6) is 0 Å². The molecule has 0 aromatic carbocycles. The van der Waals surface area contributed by atoms with E-state index in [-0.39, 0.29) is 12.5 Å². The first-order chi connectivity index (χ1) is 39.3. The second-order valence-electron chi connectivity index (χ2n) is 24.7. The molecule has 80 heavy (non-hydrogen) atoms. The van der Waals surface area contributed by atoms with Gasteiger partial charge in [-0.25, -0.2) is 0 Å². The Kier molecular flexibility index (Phi) is 57.8. The molecule has 7 unspecified atom stereocenters. The number of carbonyl (C=O) groups is 1. The summed E-state index contributed by atoms with van der Waals surface area (Å²) in [4.78, 5) is 13.1. The maximum absolute atomic E-state index is 13.1. The Morgan fingerprint density at radius 1 is 0.412 bits per heavy atom. The Morgan fingerprint density at radius 2 is 0.713 bits per heavy atom. The fourth-order valence-electron chi connectivity index (χ4n) is 11.4. The Balaban J connectivity index is 2.09. The van der Waals surface area contributed by atoms with E-state index in [0.717, 1.165) is 38.5 Å². The third-order valence-corrected chi connectivity index (χ3v) is 16.9. The number of ether oxygens (including phenoxy) is 2. The molecule has 1 aliphatic heterocycles. The van der Waals surface area contributed by atoms with Crippen LogP contribution in [0.4, 0.5) is 0 Å². The van der Waals surface area contributed by atoms with Gasteiger partial charge < -0.3 is 40.3 Å². The molecule has 0 aromatic rings. The number of aliphatic hydroxyl groups excluding tert-OH is 5. The molecule has 9 heteroatoms. The molecule has 1 aliphatic rings. The summed E-state index contributed by atoms with van der Waals surface area (Å²) in [6, 6.07) is -0.821. The lowest BCUT2D eigenvalue weighted by Crippen LogP contribution is -2.60. The molecule has 0 aromatic heterocycles. The zero-order valence-electron chi connectivity index (χ0n) is 52.9. The van der Waals surface area contributed by atoms with Crippen LogP contribution in [0.25, 0.3) is 0 Å². The first-order valence-electron chi connectivity index (χ1n) is 35.2. The molecule has 6 N–H and O–H groups in total. The predicted molar refractivity (Wildman–Crippen MR) is 341 cm³/mol. The maximum atomic E-state index is 13.1. The van der Waals surface area contributed by atoms with Crippen molar-refractivity contribution < 1.29 is 39.8 Å². The number of hydrogen-bond donors (Lipinski definition) is 6. The van der Waals surface area contributed by atoms with Gasteiger partial charge in [-0.2, -0.15) is 0 Å². The molecule has 0 saturated carbocycles. The zero-order chi connectivity index (χ0) is 57.9. The number of aliphatic hydroxyl groups is 5. The van der Waals surface area contributed by atoms with Crippen LogP contribution in [0.2, 0.25) is 0 Å². The van der Waals surface area contributed by atoms with E-state index in [1.165, 1.54) is 295 Å². The van der Waals surface area contributed by atoms with Crippen LogP contribution in [-0.2, 0) is 14.3 Å². The number of hydrogen-bond acceptors (Lipinski definition) is 8. The van der Waals surface area contributed by atoms with Crippen molar-refractivity contribution in [1.29, 1.82) is 0 Å². The number of carbonyl (C=O) groups excluding carboxylic acids is 1. The molecule has 1 fully saturated rings. The van der Waals surface area contributed by atoms with Gasteiger partial charge in [0.15, 0.2) is 6.29 Å². The van der Waals surface area contributed by atoms with Gasteiger partial charge in [-0.1, -0.05) is 326 Å². The zero-order valence-corrected chi connectivity index (χ0v) is 52.9. The molecule has 1 heterocycles. The normalized spacial score (nSPS) is 18.6. The highest BCUT2D eigenvalue weighted by molar-refractivity contribution is 5.76. The van der Waals surface area contributed by atoms with Gasteiger partial charge in [0.1, 0.15) is 24.4 Å². The molecule has 7 atom stereocenters. The van der Waals surface area contributed by atoms with Crippen molar-refractivity contribution in [2.24, 2.45) is 0 Å². The molecule has 0 spiro atoms. The van der Waals surface area contributed by atoms with E-state index in [0.29, 0.717) is 6.42 Å². The van der Waals surface area contributed by atoms with Crippen molar-refractivity contribution in [3.8, 4) is 0 Å². The average Bonchev–Trinajstić information content (AvgIpc) is 3.46. The Hall–Kier alpha value is -1.59. The lowest BCUT2D eigenvalue weighted by molar-refractivity contribution is -0.302. The minimum Gasteiger partial charge on any atom is -0.394 e. The molecular weight excluding hydrogens is 995 g/mol. The molecule has 0 aliphatic carbocycles. The first-order valence-corrected chi connectivity index (χ1v) is 35.2. The number of rotatable bonds is 62.